The van der Waals surface area contributed by atoms with Gasteiger partial charge in [0, 0.05) is 11.1 Å². The molecule has 0 spiro atoms. The molecule has 2 atom stereocenters. The van der Waals surface area contributed by atoms with E-state index in [-0.39, 0.29) is 18.6 Å². The van der Waals surface area contributed by atoms with Crippen LogP contribution in [0, 0.1) is 6.92 Å². The summed E-state index contributed by atoms with van der Waals surface area (Å²) in [4.78, 5) is 58.4. The molecule has 226 valence electrons. The van der Waals surface area contributed by atoms with Gasteiger partial charge in [-0.25, -0.2) is 19.6 Å². The predicted molar refractivity (Wildman–Crippen MR) is 162 cm³/mol. The molecule has 1 heterocycles. The predicted octanol–water partition coefficient (Wildman–Crippen LogP) is 5.42. The number of benzene rings is 3. The van der Waals surface area contributed by atoms with Crippen molar-refractivity contribution in [1.82, 2.24) is 15.3 Å². The fourth-order valence-electron chi connectivity index (χ4n) is 4.07. The van der Waals surface area contributed by atoms with Gasteiger partial charge in [-0.2, -0.15) is 0 Å². The van der Waals surface area contributed by atoms with E-state index in [1.54, 1.807) is 62.4 Å². The lowest BCUT2D eigenvalue weighted by Gasteiger charge is -2.16. The van der Waals surface area contributed by atoms with E-state index in [2.05, 4.69) is 20.6 Å². The molecule has 4 aromatic rings. The van der Waals surface area contributed by atoms with Crippen molar-refractivity contribution < 1.29 is 33.4 Å². The summed E-state index contributed by atoms with van der Waals surface area (Å²) in [5.74, 6) is -1.60. The van der Waals surface area contributed by atoms with Gasteiger partial charge in [0.25, 0.3) is 5.91 Å². The summed E-state index contributed by atoms with van der Waals surface area (Å²) in [5, 5.41) is 5.26. The second kappa shape index (κ2) is 15.1. The smallest absolute Gasteiger partial charge is 0.412 e. The summed E-state index contributed by atoms with van der Waals surface area (Å²) in [6.45, 7) is 4.96. The van der Waals surface area contributed by atoms with E-state index < -0.39 is 36.1 Å². The lowest BCUT2D eigenvalue weighted by molar-refractivity contribution is -0.161. The zero-order chi connectivity index (χ0) is 31.5. The van der Waals surface area contributed by atoms with Gasteiger partial charge in [-0.3, -0.25) is 14.9 Å². The van der Waals surface area contributed by atoms with Crippen LogP contribution >= 0.6 is 0 Å². The number of para-hydroxylation sites is 1. The summed E-state index contributed by atoms with van der Waals surface area (Å²) in [5.41, 5.74) is 3.03. The maximum atomic E-state index is 12.8. The van der Waals surface area contributed by atoms with Crippen molar-refractivity contribution in [3.05, 3.63) is 108 Å². The van der Waals surface area contributed by atoms with E-state index in [1.807, 2.05) is 36.4 Å². The van der Waals surface area contributed by atoms with Crippen LogP contribution in [0.15, 0.2) is 91.3 Å². The minimum atomic E-state index is -1.08. The van der Waals surface area contributed by atoms with Crippen LogP contribution < -0.4 is 15.4 Å². The number of aromatic nitrogens is 2. The molecule has 2 N–H and O–H groups in total. The number of aryl methyl sites for hydroxylation is 1. The number of esters is 2. The second-order valence-corrected chi connectivity index (χ2v) is 9.74. The Morgan fingerprint density at radius 3 is 2.18 bits per heavy atom. The lowest BCUT2D eigenvalue weighted by Crippen LogP contribution is -2.40. The first-order chi connectivity index (χ1) is 21.2. The fraction of sp³-hybridized carbons (Fsp3) is 0.212. The van der Waals surface area contributed by atoms with Gasteiger partial charge >= 0.3 is 18.0 Å². The fourth-order valence-corrected chi connectivity index (χ4v) is 4.07. The van der Waals surface area contributed by atoms with Gasteiger partial charge in [0.15, 0.2) is 0 Å². The third kappa shape index (κ3) is 8.71. The number of anilines is 1. The number of nitrogens with one attached hydrogen (secondary N) is 2. The Kier molecular flexibility index (Phi) is 10.7. The first-order valence-electron chi connectivity index (χ1n) is 13.9. The Morgan fingerprint density at radius 1 is 0.841 bits per heavy atom. The van der Waals surface area contributed by atoms with Crippen LogP contribution in [0.5, 0.6) is 5.75 Å². The molecule has 2 amide bonds. The maximum Gasteiger partial charge on any atom is 0.412 e. The molecule has 11 heteroatoms. The van der Waals surface area contributed by atoms with Crippen molar-refractivity contribution in [3.8, 4) is 17.0 Å². The minimum absolute atomic E-state index is 0.0420. The highest BCUT2D eigenvalue weighted by Crippen LogP contribution is 2.28. The minimum Gasteiger partial charge on any atom is -0.493 e. The molecular weight excluding hydrogens is 564 g/mol. The van der Waals surface area contributed by atoms with Gasteiger partial charge in [0.05, 0.1) is 30.1 Å². The average molecular weight is 597 g/mol. The number of amides is 2. The third-order valence-electron chi connectivity index (χ3n) is 6.47. The van der Waals surface area contributed by atoms with E-state index >= 15 is 0 Å². The van der Waals surface area contributed by atoms with E-state index in [1.165, 1.54) is 13.3 Å². The van der Waals surface area contributed by atoms with Crippen molar-refractivity contribution in [3.63, 3.8) is 0 Å². The Labute approximate surface area is 254 Å². The number of nitrogens with zero attached hydrogens (tertiary/aromatic N) is 2. The molecule has 1 aromatic heterocycles. The number of hydrogen-bond acceptors (Lipinski definition) is 9. The van der Waals surface area contributed by atoms with Crippen molar-refractivity contribution in [2.24, 2.45) is 0 Å². The molecule has 0 bridgehead atoms. The van der Waals surface area contributed by atoms with E-state index in [0.717, 1.165) is 5.56 Å². The summed E-state index contributed by atoms with van der Waals surface area (Å²) >= 11 is 0. The van der Waals surface area contributed by atoms with Crippen LogP contribution in [0.4, 0.5) is 10.5 Å². The topological polar surface area (TPSA) is 146 Å². The molecule has 44 heavy (non-hydrogen) atoms. The van der Waals surface area contributed by atoms with Gasteiger partial charge in [-0.15, -0.1) is 0 Å². The zero-order valence-corrected chi connectivity index (χ0v) is 24.5. The van der Waals surface area contributed by atoms with Crippen LogP contribution in [-0.2, 0) is 19.1 Å². The quantitative estimate of drug-likeness (QED) is 0.171. The molecule has 11 nitrogen and oxygen atoms in total. The van der Waals surface area contributed by atoms with Gasteiger partial charge in [0.1, 0.15) is 24.2 Å². The van der Waals surface area contributed by atoms with Crippen LogP contribution in [0.1, 0.15) is 48.0 Å². The van der Waals surface area contributed by atoms with E-state index in [9.17, 15) is 19.2 Å². The largest absolute Gasteiger partial charge is 0.493 e. The Bertz CT molecular complexity index is 1600. The molecule has 0 aliphatic heterocycles. The maximum absolute atomic E-state index is 12.8. The summed E-state index contributed by atoms with van der Waals surface area (Å²) in [6, 6.07) is 23.6. The lowest BCUT2D eigenvalue weighted by atomic mass is 10.1. The Morgan fingerprint density at radius 2 is 1.50 bits per heavy atom. The molecule has 0 radical (unpaired) electrons. The highest BCUT2D eigenvalue weighted by molar-refractivity contribution is 5.98. The van der Waals surface area contributed by atoms with Crippen LogP contribution in [0.2, 0.25) is 0 Å². The SMILES string of the molecule is Cc1ncnc(-c2ccc(C(=O)NC(C)C(=O)OC(=O)CCOc3ccccc3)cc2)c1NC(=O)OC(C)c1ccccc1. The summed E-state index contributed by atoms with van der Waals surface area (Å²) in [6.07, 6.45) is 0.0938. The molecular formula is C33H32N4O7. The van der Waals surface area contributed by atoms with Crippen molar-refractivity contribution in [1.29, 1.82) is 0 Å². The standard InChI is InChI=1S/C33H32N4O7/c1-21-29(37-33(41)43-23(3)24-10-6-4-7-11-24)30(35-20-34-21)25-14-16-26(17-15-25)31(39)36-22(2)32(40)44-28(38)18-19-42-27-12-8-5-9-13-27/h4-17,20,22-23H,18-19H2,1-3H3,(H,36,39)(H,37,41). The first kappa shape index (κ1) is 31.4. The molecule has 0 aliphatic carbocycles. The van der Waals surface area contributed by atoms with E-state index in [0.29, 0.717) is 28.4 Å². The third-order valence-corrected chi connectivity index (χ3v) is 6.47. The zero-order valence-electron chi connectivity index (χ0n) is 24.5. The Hall–Kier alpha value is -5.58. The Balaban J connectivity index is 1.32. The molecule has 0 aliphatic rings. The number of carbonyl (C=O) groups is 4. The van der Waals surface area contributed by atoms with Gasteiger partial charge in [-0.1, -0.05) is 60.7 Å². The number of rotatable bonds is 11. The highest BCUT2D eigenvalue weighted by atomic mass is 16.6. The highest BCUT2D eigenvalue weighted by Gasteiger charge is 2.22. The first-order valence-corrected chi connectivity index (χ1v) is 13.9. The van der Waals surface area contributed by atoms with Gasteiger partial charge in [0.2, 0.25) is 0 Å². The van der Waals surface area contributed by atoms with Crippen LogP contribution in [-0.4, -0.2) is 46.6 Å². The van der Waals surface area contributed by atoms with Crippen molar-refractivity contribution in [2.75, 3.05) is 11.9 Å². The van der Waals surface area contributed by atoms with Gasteiger partial charge in [-0.05, 0) is 50.6 Å². The van der Waals surface area contributed by atoms with Crippen LogP contribution in [0.25, 0.3) is 11.3 Å². The van der Waals surface area contributed by atoms with E-state index in [4.69, 9.17) is 14.2 Å². The molecule has 4 rings (SSSR count). The monoisotopic (exact) mass is 596 g/mol. The number of ether oxygens (including phenoxy) is 3. The van der Waals surface area contributed by atoms with Crippen molar-refractivity contribution in [2.45, 2.75) is 39.3 Å². The molecule has 0 saturated carbocycles. The average Bonchev–Trinajstić information content (AvgIpc) is 3.03. The number of hydrogen-bond donors (Lipinski definition) is 2. The molecule has 0 saturated heterocycles. The van der Waals surface area contributed by atoms with Crippen LogP contribution in [0.3, 0.4) is 0 Å². The molecule has 0 fully saturated rings. The number of carbonyl (C=O) groups excluding carboxylic acids is 4. The molecule has 2 unspecified atom stereocenters. The second-order valence-electron chi connectivity index (χ2n) is 9.74. The normalized spacial score (nSPS) is 11.9. The van der Waals surface area contributed by atoms with Crippen molar-refractivity contribution >= 4 is 29.6 Å². The summed E-state index contributed by atoms with van der Waals surface area (Å²) in [7, 11) is 0. The van der Waals surface area contributed by atoms with Gasteiger partial charge < -0.3 is 19.5 Å². The molecule has 3 aromatic carbocycles. The summed E-state index contributed by atoms with van der Waals surface area (Å²) < 4.78 is 15.8.